The predicted molar refractivity (Wildman–Crippen MR) is 110 cm³/mol. The van der Waals surface area contributed by atoms with E-state index in [4.69, 9.17) is 9.84 Å². The summed E-state index contributed by atoms with van der Waals surface area (Å²) in [4.78, 5) is 21.8. The fourth-order valence-electron chi connectivity index (χ4n) is 4.13. The van der Waals surface area contributed by atoms with Gasteiger partial charge in [0.15, 0.2) is 5.69 Å². The van der Waals surface area contributed by atoms with E-state index < -0.39 is 0 Å². The Bertz CT molecular complexity index is 1070. The molecule has 1 aliphatic heterocycles. The number of benzene rings is 1. The maximum Gasteiger partial charge on any atom is 0.274 e. The molecule has 148 valence electrons. The molecular weight excluding hydrogens is 366 g/mol. The monoisotopic (exact) mass is 389 g/mol. The number of hydrogen-bond acceptors (Lipinski definition) is 5. The van der Waals surface area contributed by atoms with Crippen LogP contribution in [-0.4, -0.2) is 70.8 Å². The lowest BCUT2D eigenvalue weighted by atomic mass is 10.1. The Morgan fingerprint density at radius 3 is 2.59 bits per heavy atom. The van der Waals surface area contributed by atoms with Crippen LogP contribution in [0.1, 0.15) is 21.6 Å². The molecular formula is C22H23N5O2. The molecule has 1 saturated heterocycles. The molecule has 1 aliphatic carbocycles. The molecule has 3 aromatic rings. The third-order valence-electron chi connectivity index (χ3n) is 5.79. The van der Waals surface area contributed by atoms with Crippen molar-refractivity contribution < 1.29 is 9.53 Å². The van der Waals surface area contributed by atoms with Crippen LogP contribution in [0.25, 0.3) is 16.9 Å². The number of methoxy groups -OCH3 is 1. The van der Waals surface area contributed by atoms with Gasteiger partial charge >= 0.3 is 0 Å². The predicted octanol–water partition coefficient (Wildman–Crippen LogP) is 2.23. The quantitative estimate of drug-likeness (QED) is 0.538. The topological polar surface area (TPSA) is 63.5 Å². The first-order chi connectivity index (χ1) is 14.2. The number of pyridine rings is 1. The number of nitrogens with zero attached hydrogens (tertiary/aromatic N) is 5. The second-order valence-corrected chi connectivity index (χ2v) is 7.58. The number of carbonyl (C=O) groups excluding carboxylic acids is 1. The Labute approximate surface area is 169 Å². The summed E-state index contributed by atoms with van der Waals surface area (Å²) in [5, 5.41) is 4.78. The maximum absolute atomic E-state index is 13.4. The van der Waals surface area contributed by atoms with Gasteiger partial charge in [0.1, 0.15) is 0 Å². The SMILES string of the molecule is COc1ccc(-n2nc(C(=O)N3CCN(C)CC3)c3c2-c2ccccc2C3)cn1. The molecule has 0 radical (unpaired) electrons. The van der Waals surface area contributed by atoms with Gasteiger partial charge in [-0.2, -0.15) is 5.10 Å². The Kier molecular flexibility index (Phi) is 4.32. The van der Waals surface area contributed by atoms with Crippen LogP contribution in [0.5, 0.6) is 5.88 Å². The Hall–Kier alpha value is -3.19. The van der Waals surface area contributed by atoms with Crippen LogP contribution >= 0.6 is 0 Å². The van der Waals surface area contributed by atoms with Crippen LogP contribution in [0.15, 0.2) is 42.6 Å². The van der Waals surface area contributed by atoms with E-state index in [1.54, 1.807) is 13.3 Å². The number of likely N-dealkylation sites (N-methyl/N-ethyl adjacent to an activating group) is 1. The molecule has 0 atom stereocenters. The van der Waals surface area contributed by atoms with E-state index >= 15 is 0 Å². The highest BCUT2D eigenvalue weighted by Gasteiger charge is 2.33. The summed E-state index contributed by atoms with van der Waals surface area (Å²) < 4.78 is 7.04. The molecule has 0 unspecified atom stereocenters. The zero-order chi connectivity index (χ0) is 20.0. The van der Waals surface area contributed by atoms with Gasteiger partial charge in [0.25, 0.3) is 5.91 Å². The third kappa shape index (κ3) is 2.98. The zero-order valence-corrected chi connectivity index (χ0v) is 16.6. The second-order valence-electron chi connectivity index (χ2n) is 7.58. The lowest BCUT2D eigenvalue weighted by molar-refractivity contribution is 0.0657. The molecule has 29 heavy (non-hydrogen) atoms. The van der Waals surface area contributed by atoms with Gasteiger partial charge in [-0.25, -0.2) is 9.67 Å². The van der Waals surface area contributed by atoms with E-state index in [9.17, 15) is 4.79 Å². The average Bonchev–Trinajstić information content (AvgIpc) is 3.31. The minimum Gasteiger partial charge on any atom is -0.481 e. The molecule has 2 aromatic heterocycles. The summed E-state index contributed by atoms with van der Waals surface area (Å²) in [5.74, 6) is 0.564. The number of aromatic nitrogens is 3. The summed E-state index contributed by atoms with van der Waals surface area (Å²) >= 11 is 0. The van der Waals surface area contributed by atoms with E-state index in [0.29, 0.717) is 11.6 Å². The smallest absolute Gasteiger partial charge is 0.274 e. The average molecular weight is 389 g/mol. The number of amides is 1. The van der Waals surface area contributed by atoms with Crippen molar-refractivity contribution in [1.29, 1.82) is 0 Å². The van der Waals surface area contributed by atoms with Gasteiger partial charge in [-0.1, -0.05) is 24.3 Å². The molecule has 0 bridgehead atoms. The van der Waals surface area contributed by atoms with Crippen molar-refractivity contribution in [2.75, 3.05) is 40.3 Å². The Morgan fingerprint density at radius 1 is 1.07 bits per heavy atom. The number of rotatable bonds is 3. The highest BCUT2D eigenvalue weighted by Crippen LogP contribution is 2.40. The van der Waals surface area contributed by atoms with Crippen molar-refractivity contribution in [2.24, 2.45) is 0 Å². The Balaban J connectivity index is 1.60. The van der Waals surface area contributed by atoms with E-state index in [0.717, 1.165) is 55.1 Å². The highest BCUT2D eigenvalue weighted by molar-refractivity contribution is 5.97. The molecule has 7 nitrogen and oxygen atoms in total. The molecule has 1 amide bonds. The number of hydrogen-bond donors (Lipinski definition) is 0. The first kappa shape index (κ1) is 17.9. The first-order valence-corrected chi connectivity index (χ1v) is 9.84. The molecule has 3 heterocycles. The molecule has 1 aromatic carbocycles. The van der Waals surface area contributed by atoms with Gasteiger partial charge < -0.3 is 14.5 Å². The largest absolute Gasteiger partial charge is 0.481 e. The molecule has 0 saturated carbocycles. The fraction of sp³-hybridized carbons (Fsp3) is 0.318. The maximum atomic E-state index is 13.4. The lowest BCUT2D eigenvalue weighted by Gasteiger charge is -2.32. The summed E-state index contributed by atoms with van der Waals surface area (Å²) in [5.41, 5.74) is 5.72. The minimum absolute atomic E-state index is 0.0161. The molecule has 5 rings (SSSR count). The zero-order valence-electron chi connectivity index (χ0n) is 16.6. The van der Waals surface area contributed by atoms with Crippen molar-refractivity contribution in [3.63, 3.8) is 0 Å². The van der Waals surface area contributed by atoms with Crippen molar-refractivity contribution in [2.45, 2.75) is 6.42 Å². The van der Waals surface area contributed by atoms with Crippen LogP contribution in [0, 0.1) is 0 Å². The summed E-state index contributed by atoms with van der Waals surface area (Å²) in [6.45, 7) is 3.23. The number of piperazine rings is 1. The van der Waals surface area contributed by atoms with Crippen LogP contribution in [0.3, 0.4) is 0 Å². The van der Waals surface area contributed by atoms with Crippen molar-refractivity contribution in [3.05, 3.63) is 59.4 Å². The van der Waals surface area contributed by atoms with Crippen LogP contribution in [0.2, 0.25) is 0 Å². The van der Waals surface area contributed by atoms with Crippen molar-refractivity contribution in [1.82, 2.24) is 24.6 Å². The summed E-state index contributed by atoms with van der Waals surface area (Å²) in [6.07, 6.45) is 2.46. The molecule has 0 N–H and O–H groups in total. The van der Waals surface area contributed by atoms with Gasteiger partial charge in [0.05, 0.1) is 24.7 Å². The molecule has 2 aliphatic rings. The third-order valence-corrected chi connectivity index (χ3v) is 5.79. The van der Waals surface area contributed by atoms with Crippen molar-refractivity contribution in [3.8, 4) is 22.8 Å². The van der Waals surface area contributed by atoms with Gasteiger partial charge in [-0.15, -0.1) is 0 Å². The normalized spacial score (nSPS) is 15.9. The molecule has 7 heteroatoms. The van der Waals surface area contributed by atoms with Gasteiger partial charge in [0.2, 0.25) is 5.88 Å². The fourth-order valence-corrected chi connectivity index (χ4v) is 4.13. The van der Waals surface area contributed by atoms with E-state index in [1.165, 1.54) is 5.56 Å². The van der Waals surface area contributed by atoms with Gasteiger partial charge in [-0.05, 0) is 18.7 Å². The standard InChI is InChI=1S/C22H23N5O2/c1-25-9-11-26(12-10-25)22(28)20-18-13-15-5-3-4-6-17(15)21(18)27(24-20)16-7-8-19(29-2)23-14-16/h3-8,14H,9-13H2,1-2H3. The van der Waals surface area contributed by atoms with Crippen LogP contribution < -0.4 is 4.74 Å². The number of fused-ring (bicyclic) bond motifs is 3. The van der Waals surface area contributed by atoms with Gasteiger partial charge in [-0.3, -0.25) is 4.79 Å². The minimum atomic E-state index is 0.0161. The van der Waals surface area contributed by atoms with E-state index in [-0.39, 0.29) is 5.91 Å². The van der Waals surface area contributed by atoms with Crippen LogP contribution in [-0.2, 0) is 6.42 Å². The van der Waals surface area contributed by atoms with Gasteiger partial charge in [0, 0.05) is 49.8 Å². The van der Waals surface area contributed by atoms with Crippen LogP contribution in [0.4, 0.5) is 0 Å². The first-order valence-electron chi connectivity index (χ1n) is 9.84. The molecule has 0 spiro atoms. The summed E-state index contributed by atoms with van der Waals surface area (Å²) in [7, 11) is 3.68. The van der Waals surface area contributed by atoms with Crippen molar-refractivity contribution >= 4 is 5.91 Å². The number of ether oxygens (including phenoxy) is 1. The Morgan fingerprint density at radius 2 is 1.86 bits per heavy atom. The van der Waals surface area contributed by atoms with E-state index in [1.807, 2.05) is 33.8 Å². The van der Waals surface area contributed by atoms with E-state index in [2.05, 4.69) is 29.1 Å². The molecule has 1 fully saturated rings. The summed E-state index contributed by atoms with van der Waals surface area (Å²) in [6, 6.07) is 12.0. The highest BCUT2D eigenvalue weighted by atomic mass is 16.5. The number of carbonyl (C=O) groups is 1. The second kappa shape index (κ2) is 7.00. The lowest BCUT2D eigenvalue weighted by Crippen LogP contribution is -2.47.